The number of anilines is 1. The molecule has 0 bridgehead atoms. The molecule has 1 N–H and O–H groups in total. The Hall–Kier alpha value is -1.64. The van der Waals surface area contributed by atoms with Gasteiger partial charge in [-0.05, 0) is 18.7 Å². The summed E-state index contributed by atoms with van der Waals surface area (Å²) >= 11 is 0. The van der Waals surface area contributed by atoms with Gasteiger partial charge >= 0.3 is 0 Å². The highest BCUT2D eigenvalue weighted by atomic mass is 15.3. The van der Waals surface area contributed by atoms with Gasteiger partial charge in [0.05, 0.1) is 6.07 Å². The molecule has 1 aromatic rings. The molecule has 0 radical (unpaired) electrons. The minimum atomic E-state index is -0.0635. The van der Waals surface area contributed by atoms with Gasteiger partial charge in [0.15, 0.2) is 0 Å². The fraction of sp³-hybridized carbons (Fsp3) is 0.571. The van der Waals surface area contributed by atoms with Crippen LogP contribution in [0, 0.1) is 11.3 Å². The molecule has 2 heterocycles. The lowest BCUT2D eigenvalue weighted by Crippen LogP contribution is -2.50. The SMILES string of the molecule is CCNC(C#N)CN1CCN(c2ccccn2)CC1. The zero-order valence-corrected chi connectivity index (χ0v) is 11.4. The first kappa shape index (κ1) is 13.8. The van der Waals surface area contributed by atoms with Crippen molar-refractivity contribution >= 4 is 5.82 Å². The molecule has 1 atom stereocenters. The van der Waals surface area contributed by atoms with Crippen LogP contribution in [-0.4, -0.2) is 55.2 Å². The third-order valence-corrected chi connectivity index (χ3v) is 3.39. The van der Waals surface area contributed by atoms with E-state index in [4.69, 9.17) is 5.26 Å². The van der Waals surface area contributed by atoms with E-state index < -0.39 is 0 Å². The Morgan fingerprint density at radius 2 is 2.16 bits per heavy atom. The summed E-state index contributed by atoms with van der Waals surface area (Å²) in [6.07, 6.45) is 1.83. The lowest BCUT2D eigenvalue weighted by atomic mass is 10.2. The van der Waals surface area contributed by atoms with E-state index in [-0.39, 0.29) is 6.04 Å². The number of aromatic nitrogens is 1. The molecule has 2 rings (SSSR count). The first-order chi connectivity index (χ1) is 9.33. The van der Waals surface area contributed by atoms with Crippen molar-refractivity contribution in [3.63, 3.8) is 0 Å². The Morgan fingerprint density at radius 3 is 2.74 bits per heavy atom. The van der Waals surface area contributed by atoms with Crippen molar-refractivity contribution < 1.29 is 0 Å². The third-order valence-electron chi connectivity index (χ3n) is 3.39. The normalized spacial score (nSPS) is 18.0. The second kappa shape index (κ2) is 7.07. The predicted octanol–water partition coefficient (Wildman–Crippen LogP) is 0.705. The summed E-state index contributed by atoms with van der Waals surface area (Å²) < 4.78 is 0. The van der Waals surface area contributed by atoms with Gasteiger partial charge in [-0.25, -0.2) is 4.98 Å². The standard InChI is InChI=1S/C14H21N5/c1-2-16-13(11-15)12-18-7-9-19(10-8-18)14-5-3-4-6-17-14/h3-6,13,16H,2,7-10,12H2,1H3. The van der Waals surface area contributed by atoms with Crippen LogP contribution in [0.2, 0.25) is 0 Å². The van der Waals surface area contributed by atoms with Crippen molar-refractivity contribution in [2.45, 2.75) is 13.0 Å². The maximum atomic E-state index is 9.06. The molecule has 1 aliphatic heterocycles. The summed E-state index contributed by atoms with van der Waals surface area (Å²) in [4.78, 5) is 9.02. The highest BCUT2D eigenvalue weighted by molar-refractivity contribution is 5.38. The Morgan fingerprint density at radius 1 is 1.37 bits per heavy atom. The van der Waals surface area contributed by atoms with Crippen LogP contribution in [0.5, 0.6) is 0 Å². The minimum absolute atomic E-state index is 0.0635. The Labute approximate surface area is 114 Å². The van der Waals surface area contributed by atoms with Crippen LogP contribution in [0.25, 0.3) is 0 Å². The van der Waals surface area contributed by atoms with E-state index in [0.717, 1.165) is 45.1 Å². The molecule has 19 heavy (non-hydrogen) atoms. The molecule has 0 aliphatic carbocycles. The fourth-order valence-electron chi connectivity index (χ4n) is 2.36. The molecule has 1 fully saturated rings. The summed E-state index contributed by atoms with van der Waals surface area (Å²) in [5.41, 5.74) is 0. The molecular weight excluding hydrogens is 238 g/mol. The van der Waals surface area contributed by atoms with Crippen molar-refractivity contribution in [3.05, 3.63) is 24.4 Å². The second-order valence-electron chi connectivity index (χ2n) is 4.71. The number of likely N-dealkylation sites (N-methyl/N-ethyl adjacent to an activating group) is 1. The number of rotatable bonds is 5. The van der Waals surface area contributed by atoms with Gasteiger partial charge in [0.2, 0.25) is 0 Å². The van der Waals surface area contributed by atoms with Crippen LogP contribution in [0.3, 0.4) is 0 Å². The van der Waals surface area contributed by atoms with Crippen LogP contribution in [0.15, 0.2) is 24.4 Å². The van der Waals surface area contributed by atoms with Gasteiger partial charge in [-0.15, -0.1) is 0 Å². The van der Waals surface area contributed by atoms with Crippen molar-refractivity contribution in [1.82, 2.24) is 15.2 Å². The summed E-state index contributed by atoms with van der Waals surface area (Å²) in [6, 6.07) is 8.26. The summed E-state index contributed by atoms with van der Waals surface area (Å²) in [7, 11) is 0. The van der Waals surface area contributed by atoms with E-state index in [9.17, 15) is 0 Å². The molecule has 1 saturated heterocycles. The van der Waals surface area contributed by atoms with Gasteiger partial charge in [0.25, 0.3) is 0 Å². The van der Waals surface area contributed by atoms with Crippen LogP contribution in [0.4, 0.5) is 5.82 Å². The fourth-order valence-corrected chi connectivity index (χ4v) is 2.36. The van der Waals surface area contributed by atoms with Crippen molar-refractivity contribution in [1.29, 1.82) is 5.26 Å². The number of piperazine rings is 1. The molecule has 0 amide bonds. The third kappa shape index (κ3) is 3.91. The monoisotopic (exact) mass is 259 g/mol. The van der Waals surface area contributed by atoms with Crippen molar-refractivity contribution in [3.8, 4) is 6.07 Å². The number of pyridine rings is 1. The lowest BCUT2D eigenvalue weighted by molar-refractivity contribution is 0.244. The first-order valence-electron chi connectivity index (χ1n) is 6.85. The number of hydrogen-bond acceptors (Lipinski definition) is 5. The molecule has 102 valence electrons. The molecule has 0 saturated carbocycles. The van der Waals surface area contributed by atoms with Crippen LogP contribution < -0.4 is 10.2 Å². The van der Waals surface area contributed by atoms with E-state index in [1.165, 1.54) is 0 Å². The maximum absolute atomic E-state index is 9.06. The van der Waals surface area contributed by atoms with E-state index >= 15 is 0 Å². The average Bonchev–Trinajstić information content (AvgIpc) is 2.48. The Balaban J connectivity index is 1.81. The van der Waals surface area contributed by atoms with Crippen molar-refractivity contribution in [2.75, 3.05) is 44.2 Å². The molecule has 0 aromatic carbocycles. The first-order valence-corrected chi connectivity index (χ1v) is 6.85. The number of nitriles is 1. The van der Waals surface area contributed by atoms with E-state index in [1.54, 1.807) is 0 Å². The second-order valence-corrected chi connectivity index (χ2v) is 4.71. The van der Waals surface area contributed by atoms with Gasteiger partial charge in [0.1, 0.15) is 11.9 Å². The number of nitrogens with one attached hydrogen (secondary N) is 1. The summed E-state index contributed by atoms with van der Waals surface area (Å²) in [6.45, 7) is 7.60. The molecule has 0 spiro atoms. The molecule has 5 nitrogen and oxygen atoms in total. The van der Waals surface area contributed by atoms with E-state index in [1.807, 2.05) is 31.3 Å². The Kier molecular flexibility index (Phi) is 5.13. The molecule has 1 aliphatic rings. The van der Waals surface area contributed by atoms with Gasteiger partial charge in [-0.1, -0.05) is 13.0 Å². The quantitative estimate of drug-likeness (QED) is 0.844. The smallest absolute Gasteiger partial charge is 0.128 e. The average molecular weight is 259 g/mol. The molecule has 1 unspecified atom stereocenters. The minimum Gasteiger partial charge on any atom is -0.354 e. The summed E-state index contributed by atoms with van der Waals surface area (Å²) in [5, 5.41) is 12.3. The van der Waals surface area contributed by atoms with Crippen LogP contribution >= 0.6 is 0 Å². The highest BCUT2D eigenvalue weighted by Crippen LogP contribution is 2.12. The summed E-state index contributed by atoms with van der Waals surface area (Å²) in [5.74, 6) is 1.05. The van der Waals surface area contributed by atoms with Gasteiger partial charge in [0, 0.05) is 38.9 Å². The van der Waals surface area contributed by atoms with Gasteiger partial charge < -0.3 is 10.2 Å². The number of hydrogen-bond donors (Lipinski definition) is 1. The van der Waals surface area contributed by atoms with E-state index in [0.29, 0.717) is 0 Å². The van der Waals surface area contributed by atoms with Gasteiger partial charge in [-0.2, -0.15) is 5.26 Å². The van der Waals surface area contributed by atoms with Crippen LogP contribution in [0.1, 0.15) is 6.92 Å². The van der Waals surface area contributed by atoms with E-state index in [2.05, 4.69) is 26.2 Å². The zero-order valence-electron chi connectivity index (χ0n) is 11.4. The number of nitrogens with zero attached hydrogens (tertiary/aromatic N) is 4. The Bertz CT molecular complexity index is 406. The van der Waals surface area contributed by atoms with Gasteiger partial charge in [-0.3, -0.25) is 4.90 Å². The maximum Gasteiger partial charge on any atom is 0.128 e. The largest absolute Gasteiger partial charge is 0.354 e. The van der Waals surface area contributed by atoms with Crippen LogP contribution in [-0.2, 0) is 0 Å². The van der Waals surface area contributed by atoms with Crippen molar-refractivity contribution in [2.24, 2.45) is 0 Å². The zero-order chi connectivity index (χ0) is 13.5. The highest BCUT2D eigenvalue weighted by Gasteiger charge is 2.20. The topological polar surface area (TPSA) is 55.2 Å². The predicted molar refractivity (Wildman–Crippen MR) is 76.0 cm³/mol. The lowest BCUT2D eigenvalue weighted by Gasteiger charge is -2.36. The molecular formula is C14H21N5. The molecule has 5 heteroatoms. The molecule has 1 aromatic heterocycles.